The number of nitrogens with one attached hydrogen (secondary N) is 1. The van der Waals surface area contributed by atoms with E-state index in [0.29, 0.717) is 5.54 Å². The molecule has 2 heteroatoms. The molecule has 2 aliphatic carbocycles. The molecule has 3 rings (SSSR count). The first-order valence-electron chi connectivity index (χ1n) is 9.03. The van der Waals surface area contributed by atoms with Gasteiger partial charge in [0.15, 0.2) is 0 Å². The fourth-order valence-corrected chi connectivity index (χ4v) is 4.52. The second kappa shape index (κ2) is 5.28. The first kappa shape index (κ1) is 14.8. The van der Waals surface area contributed by atoms with Crippen LogP contribution in [0.2, 0.25) is 0 Å². The average Bonchev–Trinajstić information content (AvgIpc) is 3.30. The van der Waals surface area contributed by atoms with Gasteiger partial charge in [-0.1, -0.05) is 27.7 Å². The smallest absolute Gasteiger partial charge is 0.0304 e. The number of hydrogen-bond acceptors (Lipinski definition) is 2. The van der Waals surface area contributed by atoms with Crippen LogP contribution in [0.3, 0.4) is 0 Å². The van der Waals surface area contributed by atoms with E-state index in [9.17, 15) is 0 Å². The van der Waals surface area contributed by atoms with Crippen LogP contribution in [0.5, 0.6) is 0 Å². The van der Waals surface area contributed by atoms with Crippen molar-refractivity contribution in [1.82, 2.24) is 10.2 Å². The van der Waals surface area contributed by atoms with E-state index >= 15 is 0 Å². The van der Waals surface area contributed by atoms with Crippen LogP contribution in [0.15, 0.2) is 0 Å². The second-order valence-electron chi connectivity index (χ2n) is 8.22. The third kappa shape index (κ3) is 2.66. The Morgan fingerprint density at radius 2 is 1.80 bits per heavy atom. The fraction of sp³-hybridized carbons (Fsp3) is 1.00. The largest absolute Gasteiger partial charge is 0.308 e. The quantitative estimate of drug-likeness (QED) is 0.797. The van der Waals surface area contributed by atoms with E-state index in [2.05, 4.69) is 37.9 Å². The van der Waals surface area contributed by atoms with E-state index in [1.165, 1.54) is 58.2 Å². The summed E-state index contributed by atoms with van der Waals surface area (Å²) in [5.74, 6) is 1.85. The molecular formula is C18H34N2. The molecule has 116 valence electrons. The van der Waals surface area contributed by atoms with Gasteiger partial charge in [-0.25, -0.2) is 0 Å². The van der Waals surface area contributed by atoms with Gasteiger partial charge in [0.05, 0.1) is 0 Å². The van der Waals surface area contributed by atoms with Crippen LogP contribution in [0.25, 0.3) is 0 Å². The van der Waals surface area contributed by atoms with Crippen molar-refractivity contribution >= 4 is 0 Å². The van der Waals surface area contributed by atoms with Crippen molar-refractivity contribution in [2.24, 2.45) is 17.3 Å². The normalized spacial score (nSPS) is 32.5. The molecule has 0 aromatic rings. The average molecular weight is 278 g/mol. The van der Waals surface area contributed by atoms with Gasteiger partial charge < -0.3 is 5.32 Å². The predicted molar refractivity (Wildman–Crippen MR) is 85.9 cm³/mol. The Morgan fingerprint density at radius 3 is 2.25 bits per heavy atom. The third-order valence-corrected chi connectivity index (χ3v) is 6.64. The summed E-state index contributed by atoms with van der Waals surface area (Å²) in [6, 6.07) is 0.748. The van der Waals surface area contributed by atoms with Gasteiger partial charge in [0, 0.05) is 31.2 Å². The Balaban J connectivity index is 1.72. The Bertz CT molecular complexity index is 335. The number of hydrogen-bond donors (Lipinski definition) is 1. The molecule has 0 spiro atoms. The lowest BCUT2D eigenvalue weighted by Crippen LogP contribution is -2.65. The van der Waals surface area contributed by atoms with Crippen molar-refractivity contribution in [2.75, 3.05) is 19.6 Å². The van der Waals surface area contributed by atoms with E-state index in [-0.39, 0.29) is 0 Å². The maximum atomic E-state index is 3.90. The van der Waals surface area contributed by atoms with Gasteiger partial charge in [-0.05, 0) is 55.8 Å². The summed E-state index contributed by atoms with van der Waals surface area (Å²) < 4.78 is 0. The molecule has 0 aromatic heterocycles. The Labute approximate surface area is 125 Å². The highest BCUT2D eigenvalue weighted by Gasteiger charge is 2.55. The van der Waals surface area contributed by atoms with Gasteiger partial charge in [-0.15, -0.1) is 0 Å². The second-order valence-corrected chi connectivity index (χ2v) is 8.22. The van der Waals surface area contributed by atoms with Crippen molar-refractivity contribution < 1.29 is 0 Å². The monoisotopic (exact) mass is 278 g/mol. The summed E-state index contributed by atoms with van der Waals surface area (Å²) in [6.07, 6.45) is 8.59. The molecule has 1 unspecified atom stereocenters. The fourth-order valence-electron chi connectivity index (χ4n) is 4.52. The minimum absolute atomic E-state index is 0.380. The molecule has 0 radical (unpaired) electrons. The first-order chi connectivity index (χ1) is 9.54. The van der Waals surface area contributed by atoms with Crippen LogP contribution in [-0.4, -0.2) is 36.1 Å². The van der Waals surface area contributed by atoms with Crippen LogP contribution in [-0.2, 0) is 0 Å². The molecular weight excluding hydrogens is 244 g/mol. The lowest BCUT2D eigenvalue weighted by atomic mass is 9.85. The summed E-state index contributed by atoms with van der Waals surface area (Å²) >= 11 is 0. The predicted octanol–water partition coefficient (Wildman–Crippen LogP) is 3.67. The SMILES string of the molecule is CCC1(CC)CN(CC2(C3CC3)CC2)C(C(C)C)CN1. The highest BCUT2D eigenvalue weighted by Crippen LogP contribution is 2.61. The van der Waals surface area contributed by atoms with Gasteiger partial charge in [0.25, 0.3) is 0 Å². The van der Waals surface area contributed by atoms with E-state index in [1.807, 2.05) is 0 Å². The van der Waals surface area contributed by atoms with E-state index < -0.39 is 0 Å². The van der Waals surface area contributed by atoms with Crippen molar-refractivity contribution in [1.29, 1.82) is 0 Å². The van der Waals surface area contributed by atoms with Crippen LogP contribution < -0.4 is 5.32 Å². The van der Waals surface area contributed by atoms with Crippen molar-refractivity contribution in [2.45, 2.75) is 77.8 Å². The molecule has 3 aliphatic rings. The summed E-state index contributed by atoms with van der Waals surface area (Å²) in [5.41, 5.74) is 1.13. The maximum Gasteiger partial charge on any atom is 0.0304 e. The zero-order chi connectivity index (χ0) is 14.4. The molecule has 2 nitrogen and oxygen atoms in total. The molecule has 0 aromatic carbocycles. The third-order valence-electron chi connectivity index (χ3n) is 6.64. The molecule has 2 saturated carbocycles. The highest BCUT2D eigenvalue weighted by atomic mass is 15.3. The molecule has 1 saturated heterocycles. The number of piperazine rings is 1. The molecule has 0 amide bonds. The summed E-state index contributed by atoms with van der Waals surface area (Å²) in [4.78, 5) is 2.89. The Kier molecular flexibility index (Phi) is 3.92. The topological polar surface area (TPSA) is 15.3 Å². The summed E-state index contributed by atoms with van der Waals surface area (Å²) in [5, 5.41) is 3.90. The molecule has 1 aliphatic heterocycles. The molecule has 3 fully saturated rings. The van der Waals surface area contributed by atoms with E-state index in [1.54, 1.807) is 0 Å². The Hall–Kier alpha value is -0.0800. The maximum absolute atomic E-state index is 3.90. The molecule has 0 bridgehead atoms. The standard InChI is InChI=1S/C18H34N2/c1-5-18(6-2)13-20(16(11-19-18)14(3)4)12-17(9-10-17)15-7-8-15/h14-16,19H,5-13H2,1-4H3. The first-order valence-corrected chi connectivity index (χ1v) is 9.03. The highest BCUT2D eigenvalue weighted by molar-refractivity contribution is 5.08. The van der Waals surface area contributed by atoms with E-state index in [4.69, 9.17) is 0 Å². The molecule has 1 atom stereocenters. The van der Waals surface area contributed by atoms with Crippen molar-refractivity contribution in [3.05, 3.63) is 0 Å². The van der Waals surface area contributed by atoms with Gasteiger partial charge in [0.2, 0.25) is 0 Å². The van der Waals surface area contributed by atoms with Crippen LogP contribution in [0.4, 0.5) is 0 Å². The molecule has 1 heterocycles. The summed E-state index contributed by atoms with van der Waals surface area (Å²) in [6.45, 7) is 13.4. The van der Waals surface area contributed by atoms with Gasteiger partial charge in [-0.2, -0.15) is 0 Å². The van der Waals surface area contributed by atoms with Crippen molar-refractivity contribution in [3.8, 4) is 0 Å². The van der Waals surface area contributed by atoms with Gasteiger partial charge in [-0.3, -0.25) is 4.90 Å². The van der Waals surface area contributed by atoms with Crippen LogP contribution in [0.1, 0.15) is 66.2 Å². The van der Waals surface area contributed by atoms with Crippen LogP contribution in [0, 0.1) is 17.3 Å². The summed E-state index contributed by atoms with van der Waals surface area (Å²) in [7, 11) is 0. The number of rotatable bonds is 6. The van der Waals surface area contributed by atoms with Crippen LogP contribution >= 0.6 is 0 Å². The lowest BCUT2D eigenvalue weighted by molar-refractivity contribution is 0.0313. The Morgan fingerprint density at radius 1 is 1.15 bits per heavy atom. The zero-order valence-electron chi connectivity index (χ0n) is 14.0. The van der Waals surface area contributed by atoms with E-state index in [0.717, 1.165) is 23.3 Å². The lowest BCUT2D eigenvalue weighted by Gasteiger charge is -2.50. The molecule has 20 heavy (non-hydrogen) atoms. The van der Waals surface area contributed by atoms with Gasteiger partial charge in [0.1, 0.15) is 0 Å². The minimum atomic E-state index is 0.380. The minimum Gasteiger partial charge on any atom is -0.308 e. The number of nitrogens with zero attached hydrogens (tertiary/aromatic N) is 1. The zero-order valence-corrected chi connectivity index (χ0v) is 14.0. The van der Waals surface area contributed by atoms with Gasteiger partial charge >= 0.3 is 0 Å². The molecule has 1 N–H and O–H groups in total. The van der Waals surface area contributed by atoms with Crippen molar-refractivity contribution in [3.63, 3.8) is 0 Å².